The van der Waals surface area contributed by atoms with Crippen LogP contribution in [0.4, 0.5) is 14.4 Å². The van der Waals surface area contributed by atoms with Gasteiger partial charge in [-0.2, -0.15) is 0 Å². The fourth-order valence-corrected chi connectivity index (χ4v) is 3.14. The van der Waals surface area contributed by atoms with E-state index in [0.717, 1.165) is 0 Å². The summed E-state index contributed by atoms with van der Waals surface area (Å²) in [5.74, 6) is -1.90. The fourth-order valence-electron chi connectivity index (χ4n) is 3.14. The predicted molar refractivity (Wildman–Crippen MR) is 154 cm³/mol. The summed E-state index contributed by atoms with van der Waals surface area (Å²) in [6.07, 6.45) is -2.69. The molecule has 12 nitrogen and oxygen atoms in total. The molecule has 0 spiro atoms. The van der Waals surface area contributed by atoms with Crippen LogP contribution < -0.4 is 14.8 Å². The number of hydrogen-bond donors (Lipinski definition) is 2. The highest BCUT2D eigenvalue weighted by Crippen LogP contribution is 2.32. The second-order valence-electron chi connectivity index (χ2n) is 12.7. The van der Waals surface area contributed by atoms with Gasteiger partial charge < -0.3 is 33.5 Å². The highest BCUT2D eigenvalue weighted by Gasteiger charge is 2.44. The third-order valence-corrected chi connectivity index (χ3v) is 6.02. The van der Waals surface area contributed by atoms with Gasteiger partial charge in [0.1, 0.15) is 11.2 Å². The van der Waals surface area contributed by atoms with E-state index < -0.39 is 53.8 Å². The molecule has 0 aliphatic carbocycles. The number of carboxylic acids is 1. The van der Waals surface area contributed by atoms with Gasteiger partial charge in [0.05, 0.1) is 6.61 Å². The van der Waals surface area contributed by atoms with E-state index in [9.17, 15) is 24.3 Å². The molecule has 0 amide bonds. The summed E-state index contributed by atoms with van der Waals surface area (Å²) in [5.41, 5.74) is -4.04. The van der Waals surface area contributed by atoms with Gasteiger partial charge in [0.25, 0.3) is 5.72 Å². The Hall–Kier alpha value is -3.54. The molecule has 0 heterocycles. The Bertz CT molecular complexity index is 1100. The summed E-state index contributed by atoms with van der Waals surface area (Å²) >= 11 is 0. The van der Waals surface area contributed by atoms with Crippen molar-refractivity contribution in [3.05, 3.63) is 23.8 Å². The average Bonchev–Trinajstić information content (AvgIpc) is 2.82. The summed E-state index contributed by atoms with van der Waals surface area (Å²) in [6.45, 7) is 19.4. The van der Waals surface area contributed by atoms with Crippen molar-refractivity contribution in [3.63, 3.8) is 0 Å². The summed E-state index contributed by atoms with van der Waals surface area (Å²) < 4.78 is 31.9. The molecular formula is C30H47NO11. The first-order valence-corrected chi connectivity index (χ1v) is 13.9. The number of carboxylic acid groups (broad SMARTS) is 1. The molecule has 1 atom stereocenters. The molecule has 42 heavy (non-hydrogen) atoms. The highest BCUT2D eigenvalue weighted by molar-refractivity contribution is 5.80. The first-order valence-electron chi connectivity index (χ1n) is 13.9. The minimum absolute atomic E-state index is 0.00556. The van der Waals surface area contributed by atoms with Crippen LogP contribution in [0.1, 0.15) is 94.6 Å². The second-order valence-corrected chi connectivity index (χ2v) is 12.7. The largest absolute Gasteiger partial charge is 0.514 e. The fraction of sp³-hybridized carbons (Fsp3) is 0.667. The van der Waals surface area contributed by atoms with Gasteiger partial charge in [-0.3, -0.25) is 5.32 Å². The molecule has 0 saturated heterocycles. The number of carbonyl (C=O) groups excluding carboxylic acids is 3. The van der Waals surface area contributed by atoms with Crippen LogP contribution in [0, 0.1) is 5.41 Å². The topological polar surface area (TPSA) is 156 Å². The van der Waals surface area contributed by atoms with Gasteiger partial charge in [-0.15, -0.1) is 0 Å². The van der Waals surface area contributed by atoms with Crippen LogP contribution >= 0.6 is 0 Å². The molecule has 0 aliphatic heterocycles. The molecule has 2 N–H and O–H groups in total. The van der Waals surface area contributed by atoms with Crippen LogP contribution in [0.2, 0.25) is 0 Å². The maximum absolute atomic E-state index is 12.6. The van der Waals surface area contributed by atoms with Gasteiger partial charge in [-0.25, -0.2) is 19.2 Å². The first kappa shape index (κ1) is 36.5. The van der Waals surface area contributed by atoms with Gasteiger partial charge in [-0.05, 0) is 77.5 Å². The zero-order chi connectivity index (χ0) is 32.5. The van der Waals surface area contributed by atoms with E-state index in [1.54, 1.807) is 41.5 Å². The molecule has 0 fully saturated rings. The average molecular weight is 598 g/mol. The monoisotopic (exact) mass is 597 g/mol. The summed E-state index contributed by atoms with van der Waals surface area (Å²) in [7, 11) is 0. The quantitative estimate of drug-likeness (QED) is 0.109. The number of rotatable bonds is 13. The molecule has 238 valence electrons. The molecule has 1 rings (SSSR count). The molecule has 1 aromatic carbocycles. The van der Waals surface area contributed by atoms with E-state index in [2.05, 4.69) is 5.32 Å². The van der Waals surface area contributed by atoms with Crippen molar-refractivity contribution in [1.82, 2.24) is 5.32 Å². The minimum atomic E-state index is -2.25. The van der Waals surface area contributed by atoms with Crippen LogP contribution in [0.25, 0.3) is 0 Å². The number of benzene rings is 1. The van der Waals surface area contributed by atoms with E-state index >= 15 is 0 Å². The third kappa shape index (κ3) is 12.5. The van der Waals surface area contributed by atoms with Gasteiger partial charge in [0.2, 0.25) is 0 Å². The molecule has 0 radical (unpaired) electrons. The van der Waals surface area contributed by atoms with Crippen LogP contribution in [0.15, 0.2) is 18.2 Å². The van der Waals surface area contributed by atoms with Crippen LogP contribution in [0.5, 0.6) is 11.5 Å². The lowest BCUT2D eigenvalue weighted by Gasteiger charge is -2.32. The van der Waals surface area contributed by atoms with Crippen molar-refractivity contribution >= 4 is 24.4 Å². The Kier molecular flexibility index (Phi) is 12.7. The first-order chi connectivity index (χ1) is 19.1. The molecule has 0 saturated carbocycles. The molecule has 0 unspecified atom stereocenters. The lowest BCUT2D eigenvalue weighted by molar-refractivity contribution is -0.167. The Morgan fingerprint density at radius 1 is 0.786 bits per heavy atom. The summed E-state index contributed by atoms with van der Waals surface area (Å²) in [5, 5.41) is 13.0. The number of carbonyl (C=O) groups is 4. The van der Waals surface area contributed by atoms with E-state index in [1.165, 1.54) is 18.2 Å². The molecular weight excluding hydrogens is 550 g/mol. The number of hydrogen-bond acceptors (Lipinski definition) is 11. The number of aliphatic carboxylic acids is 1. The van der Waals surface area contributed by atoms with Crippen LogP contribution in [-0.2, 0) is 30.2 Å². The lowest BCUT2D eigenvalue weighted by atomic mass is 9.99. The van der Waals surface area contributed by atoms with E-state index in [4.69, 9.17) is 28.4 Å². The Morgan fingerprint density at radius 3 is 1.71 bits per heavy atom. The number of nitrogens with one attached hydrogen (secondary N) is 1. The maximum Gasteiger partial charge on any atom is 0.514 e. The van der Waals surface area contributed by atoms with Crippen molar-refractivity contribution in [2.75, 3.05) is 6.61 Å². The van der Waals surface area contributed by atoms with E-state index in [0.29, 0.717) is 12.8 Å². The zero-order valence-electron chi connectivity index (χ0n) is 26.7. The zero-order valence-corrected chi connectivity index (χ0v) is 26.7. The van der Waals surface area contributed by atoms with E-state index in [1.807, 2.05) is 34.6 Å². The SMILES string of the molecule is CCC(C)(C)OC(=O)Oc1ccc(C[C@](NC(C)C)(OC(=O)OCC(C)(C)C)C(=O)O)cc1OC(=O)OC(C)(C)CC. The maximum atomic E-state index is 12.6. The normalized spacial score (nSPS) is 13.5. The summed E-state index contributed by atoms with van der Waals surface area (Å²) in [6, 6.07) is 3.60. The van der Waals surface area contributed by atoms with E-state index in [-0.39, 0.29) is 29.1 Å². The smallest absolute Gasteiger partial charge is 0.477 e. The lowest BCUT2D eigenvalue weighted by Crippen LogP contribution is -2.59. The predicted octanol–water partition coefficient (Wildman–Crippen LogP) is 6.62. The number of ether oxygens (including phenoxy) is 6. The van der Waals surface area contributed by atoms with Crippen LogP contribution in [-0.4, -0.2) is 59.1 Å². The molecule has 0 bridgehead atoms. The van der Waals surface area contributed by atoms with Crippen molar-refractivity contribution < 1.29 is 52.7 Å². The van der Waals surface area contributed by atoms with Gasteiger partial charge in [-0.1, -0.05) is 40.7 Å². The molecule has 1 aromatic rings. The Morgan fingerprint density at radius 2 is 1.29 bits per heavy atom. The molecule has 0 aliphatic rings. The Labute approximate surface area is 248 Å². The third-order valence-electron chi connectivity index (χ3n) is 6.02. The standard InChI is InChI=1S/C30H47NO11/c1-12-28(8,9)40-25(35)38-21-15-14-20(16-22(21)39-26(36)41-29(10,11)13-2)17-30(23(32)33,31-19(3)4)42-24(34)37-18-27(5,6)7/h14-16,19,31H,12-13,17-18H2,1-11H3,(H,32,33)/t30-/m0/s1. The van der Waals surface area contributed by atoms with Crippen molar-refractivity contribution in [3.8, 4) is 11.5 Å². The highest BCUT2D eigenvalue weighted by atomic mass is 16.8. The summed E-state index contributed by atoms with van der Waals surface area (Å²) in [4.78, 5) is 50.2. The van der Waals surface area contributed by atoms with Gasteiger partial charge >= 0.3 is 24.4 Å². The van der Waals surface area contributed by atoms with Crippen LogP contribution in [0.3, 0.4) is 0 Å². The molecule has 12 heteroatoms. The second kappa shape index (κ2) is 14.6. The van der Waals surface area contributed by atoms with Crippen molar-refractivity contribution in [2.45, 2.75) is 118 Å². The van der Waals surface area contributed by atoms with Gasteiger partial charge in [0.15, 0.2) is 11.5 Å². The van der Waals surface area contributed by atoms with Gasteiger partial charge in [0, 0.05) is 12.5 Å². The minimum Gasteiger partial charge on any atom is -0.477 e. The van der Waals surface area contributed by atoms with Crippen molar-refractivity contribution in [1.29, 1.82) is 0 Å². The van der Waals surface area contributed by atoms with Crippen molar-refractivity contribution in [2.24, 2.45) is 5.41 Å². The molecule has 0 aromatic heterocycles. The Balaban J connectivity index is 3.48.